The van der Waals surface area contributed by atoms with Gasteiger partial charge in [0.1, 0.15) is 11.8 Å². The topological polar surface area (TPSA) is 38.8 Å². The molecule has 4 nitrogen and oxygen atoms in total. The van der Waals surface area contributed by atoms with Gasteiger partial charge in [-0.3, -0.25) is 4.90 Å². The van der Waals surface area contributed by atoms with E-state index in [0.29, 0.717) is 6.54 Å². The number of amides is 1. The van der Waals surface area contributed by atoms with Gasteiger partial charge in [-0.1, -0.05) is 51.1 Å². The summed E-state index contributed by atoms with van der Waals surface area (Å²) in [6, 6.07) is 13.6. The Morgan fingerprint density at radius 3 is 2.16 bits per heavy atom. The molecular weight excluding hydrogens is 330 g/mol. The highest BCUT2D eigenvalue weighted by molar-refractivity contribution is 6.73. The van der Waals surface area contributed by atoms with Crippen molar-refractivity contribution in [2.24, 2.45) is 0 Å². The first kappa shape index (κ1) is 20.0. The van der Waals surface area contributed by atoms with E-state index in [0.717, 1.165) is 18.1 Å². The van der Waals surface area contributed by atoms with Gasteiger partial charge in [0.25, 0.3) is 0 Å². The van der Waals surface area contributed by atoms with Crippen LogP contribution in [0.2, 0.25) is 18.1 Å². The first-order valence-electron chi connectivity index (χ1n) is 9.47. The van der Waals surface area contributed by atoms with Gasteiger partial charge in [-0.05, 0) is 44.5 Å². The van der Waals surface area contributed by atoms with Gasteiger partial charge in [0.2, 0.25) is 0 Å². The molecule has 1 saturated heterocycles. The summed E-state index contributed by atoms with van der Waals surface area (Å²) in [6.07, 6.45) is -0.473. The van der Waals surface area contributed by atoms with Crippen molar-refractivity contribution < 1.29 is 14.0 Å². The summed E-state index contributed by atoms with van der Waals surface area (Å²) in [5, 5.41) is 0. The van der Waals surface area contributed by atoms with Gasteiger partial charge in [0.15, 0.2) is 8.32 Å². The van der Waals surface area contributed by atoms with Crippen LogP contribution in [0, 0.1) is 0 Å². The molecule has 25 heavy (non-hydrogen) atoms. The number of likely N-dealkylation sites (tertiary alicyclic amines) is 1. The Balaban J connectivity index is 2.22. The fraction of sp³-hybridized carbons (Fsp3) is 0.650. The van der Waals surface area contributed by atoms with E-state index in [1.807, 2.05) is 39.0 Å². The predicted octanol–water partition coefficient (Wildman–Crippen LogP) is 5.37. The summed E-state index contributed by atoms with van der Waals surface area (Å²) in [5.74, 6) is 0.227. The van der Waals surface area contributed by atoms with Crippen molar-refractivity contribution >= 4 is 14.4 Å². The molecule has 0 unspecified atom stereocenters. The maximum Gasteiger partial charge on any atom is 0.412 e. The normalized spacial score (nSPS) is 21.0. The van der Waals surface area contributed by atoms with Gasteiger partial charge >= 0.3 is 6.09 Å². The summed E-state index contributed by atoms with van der Waals surface area (Å²) < 4.78 is 12.3. The first-order chi connectivity index (χ1) is 11.7. The maximum atomic E-state index is 12.6. The van der Waals surface area contributed by atoms with Crippen LogP contribution in [-0.4, -0.2) is 37.7 Å². The molecule has 0 saturated carbocycles. The maximum absolute atomic E-state index is 12.6. The highest BCUT2D eigenvalue weighted by Gasteiger charge is 2.48. The lowest BCUT2D eigenvalue weighted by molar-refractivity contribution is -0.0878. The van der Waals surface area contributed by atoms with E-state index in [-0.39, 0.29) is 18.2 Å². The molecule has 1 aromatic rings. The molecule has 0 spiro atoms. The zero-order valence-electron chi connectivity index (χ0n) is 16.5. The van der Waals surface area contributed by atoms with Crippen LogP contribution in [0.15, 0.2) is 30.3 Å². The lowest BCUT2D eigenvalue weighted by atomic mass is 9.89. The third-order valence-corrected chi connectivity index (χ3v) is 9.81. The zero-order valence-corrected chi connectivity index (χ0v) is 17.5. The molecule has 1 heterocycles. The summed E-state index contributed by atoms with van der Waals surface area (Å²) >= 11 is 0. The number of benzene rings is 1. The van der Waals surface area contributed by atoms with Gasteiger partial charge in [0.05, 0.1) is 0 Å². The summed E-state index contributed by atoms with van der Waals surface area (Å²) in [6.45, 7) is 13.0. The minimum atomic E-state index is -1.82. The monoisotopic (exact) mass is 363 g/mol. The van der Waals surface area contributed by atoms with Crippen molar-refractivity contribution in [3.8, 4) is 0 Å². The van der Waals surface area contributed by atoms with Crippen molar-refractivity contribution in [3.63, 3.8) is 0 Å². The second-order valence-corrected chi connectivity index (χ2v) is 12.6. The zero-order chi connectivity index (χ0) is 18.7. The van der Waals surface area contributed by atoms with E-state index < -0.39 is 13.9 Å². The Morgan fingerprint density at radius 1 is 1.12 bits per heavy atom. The molecule has 0 radical (unpaired) electrons. The number of hydrogen-bond acceptors (Lipinski definition) is 3. The van der Waals surface area contributed by atoms with Crippen LogP contribution in [0.4, 0.5) is 4.79 Å². The van der Waals surface area contributed by atoms with E-state index in [1.165, 1.54) is 5.56 Å². The van der Waals surface area contributed by atoms with Crippen LogP contribution in [0.5, 0.6) is 0 Å². The van der Waals surface area contributed by atoms with Crippen LogP contribution in [0.25, 0.3) is 0 Å². The van der Waals surface area contributed by atoms with Crippen LogP contribution in [-0.2, 0) is 9.16 Å². The summed E-state index contributed by atoms with van der Waals surface area (Å²) in [5.41, 5.74) is 0.743. The highest BCUT2D eigenvalue weighted by atomic mass is 28.4. The third-order valence-electron chi connectivity index (χ3n) is 5.20. The standard InChI is InChI=1S/C20H33NO3Si/c1-7-25(8-2,9-3)24-18-17(16-13-11-10-12-14-16)15-21(18)19(22)23-20(4,5)6/h10-14,17-18H,7-9,15H2,1-6H3/t17-,18+/m0/s1. The van der Waals surface area contributed by atoms with E-state index in [2.05, 4.69) is 32.9 Å². The van der Waals surface area contributed by atoms with Crippen LogP contribution in [0.3, 0.4) is 0 Å². The molecule has 0 aromatic heterocycles. The number of rotatable bonds is 6. The Kier molecular flexibility index (Phi) is 6.33. The van der Waals surface area contributed by atoms with Gasteiger partial charge in [-0.15, -0.1) is 0 Å². The number of ether oxygens (including phenoxy) is 1. The number of carbonyl (C=O) groups excluding carboxylic acids is 1. The van der Waals surface area contributed by atoms with Gasteiger partial charge < -0.3 is 9.16 Å². The molecule has 1 aliphatic rings. The smallest absolute Gasteiger partial charge is 0.412 e. The minimum absolute atomic E-state index is 0.205. The molecule has 1 fully saturated rings. The lowest BCUT2D eigenvalue weighted by Gasteiger charge is -2.51. The Morgan fingerprint density at radius 2 is 1.68 bits per heavy atom. The van der Waals surface area contributed by atoms with Crippen molar-refractivity contribution in [1.29, 1.82) is 0 Å². The minimum Gasteiger partial charge on any atom is -0.444 e. The summed E-state index contributed by atoms with van der Waals surface area (Å²) in [7, 11) is -1.82. The lowest BCUT2D eigenvalue weighted by Crippen LogP contribution is -2.62. The Labute approximate surface area is 153 Å². The van der Waals surface area contributed by atoms with Crippen molar-refractivity contribution in [2.45, 2.75) is 77.4 Å². The Hall–Kier alpha value is -1.33. The summed E-state index contributed by atoms with van der Waals surface area (Å²) in [4.78, 5) is 14.4. The molecule has 1 aliphatic heterocycles. The average Bonchev–Trinajstić information content (AvgIpc) is 2.55. The van der Waals surface area contributed by atoms with Crippen LogP contribution >= 0.6 is 0 Å². The Bertz CT molecular complexity index is 558. The van der Waals surface area contributed by atoms with Gasteiger partial charge in [-0.25, -0.2) is 4.79 Å². The third kappa shape index (κ3) is 4.64. The quantitative estimate of drug-likeness (QED) is 0.638. The van der Waals surface area contributed by atoms with Crippen LogP contribution in [0.1, 0.15) is 53.0 Å². The van der Waals surface area contributed by atoms with Crippen LogP contribution < -0.4 is 0 Å². The fourth-order valence-corrected chi connectivity index (χ4v) is 6.16. The second-order valence-electron chi connectivity index (χ2n) is 7.90. The molecule has 140 valence electrons. The van der Waals surface area contributed by atoms with Gasteiger partial charge in [0, 0.05) is 12.5 Å². The molecule has 2 atom stereocenters. The fourth-order valence-electron chi connectivity index (χ4n) is 3.36. The first-order valence-corrected chi connectivity index (χ1v) is 12.0. The average molecular weight is 364 g/mol. The number of carbonyl (C=O) groups is 1. The molecule has 0 bridgehead atoms. The molecule has 0 aliphatic carbocycles. The number of nitrogens with zero attached hydrogens (tertiary/aromatic N) is 1. The second kappa shape index (κ2) is 7.91. The van der Waals surface area contributed by atoms with Crippen molar-refractivity contribution in [3.05, 3.63) is 35.9 Å². The molecule has 2 rings (SSSR count). The van der Waals surface area contributed by atoms with Crippen molar-refractivity contribution in [2.75, 3.05) is 6.54 Å². The molecular formula is C20H33NO3Si. The van der Waals surface area contributed by atoms with E-state index >= 15 is 0 Å². The molecule has 1 amide bonds. The van der Waals surface area contributed by atoms with Gasteiger partial charge in [-0.2, -0.15) is 0 Å². The SMILES string of the molecule is CC[Si](CC)(CC)O[C@@H]1[C@H](c2ccccc2)CN1C(=O)OC(C)(C)C. The van der Waals surface area contributed by atoms with E-state index in [4.69, 9.17) is 9.16 Å². The molecule has 1 aromatic carbocycles. The predicted molar refractivity (Wildman–Crippen MR) is 104 cm³/mol. The highest BCUT2D eigenvalue weighted by Crippen LogP contribution is 2.39. The van der Waals surface area contributed by atoms with E-state index in [1.54, 1.807) is 4.90 Å². The molecule has 0 N–H and O–H groups in total. The number of hydrogen-bond donors (Lipinski definition) is 0. The largest absolute Gasteiger partial charge is 0.444 e. The van der Waals surface area contributed by atoms with Crippen molar-refractivity contribution in [1.82, 2.24) is 4.90 Å². The molecule has 5 heteroatoms. The van der Waals surface area contributed by atoms with E-state index in [9.17, 15) is 4.79 Å².